The highest BCUT2D eigenvalue weighted by molar-refractivity contribution is 9.10. The molecular weight excluding hydrogens is 350 g/mol. The van der Waals surface area contributed by atoms with Crippen LogP contribution in [0.25, 0.3) is 11.3 Å². The molecule has 3 rings (SSSR count). The molecule has 0 amide bonds. The van der Waals surface area contributed by atoms with Crippen LogP contribution in [0.1, 0.15) is 43.4 Å². The van der Waals surface area contributed by atoms with Gasteiger partial charge in [0, 0.05) is 10.0 Å². The summed E-state index contributed by atoms with van der Waals surface area (Å²) < 4.78 is 7.09. The third-order valence-corrected chi connectivity index (χ3v) is 4.92. The van der Waals surface area contributed by atoms with Crippen molar-refractivity contribution in [1.82, 2.24) is 5.32 Å². The van der Waals surface area contributed by atoms with Gasteiger partial charge in [-0.1, -0.05) is 27.6 Å². The van der Waals surface area contributed by atoms with Gasteiger partial charge in [0.2, 0.25) is 0 Å². The first kappa shape index (κ1) is 16.5. The molecule has 0 spiro atoms. The lowest BCUT2D eigenvalue weighted by Gasteiger charge is -2.12. The second-order valence-electron chi connectivity index (χ2n) is 6.26. The van der Waals surface area contributed by atoms with Gasteiger partial charge >= 0.3 is 0 Å². The Hall–Kier alpha value is -1.32. The van der Waals surface area contributed by atoms with Crippen LogP contribution in [-0.4, -0.2) is 6.54 Å². The van der Waals surface area contributed by atoms with E-state index >= 15 is 0 Å². The van der Waals surface area contributed by atoms with Crippen molar-refractivity contribution < 1.29 is 4.42 Å². The second kappa shape index (κ2) is 7.98. The van der Waals surface area contributed by atoms with Gasteiger partial charge in [0.15, 0.2) is 0 Å². The van der Waals surface area contributed by atoms with E-state index in [-0.39, 0.29) is 0 Å². The first-order valence-electron chi connectivity index (χ1n) is 8.46. The molecule has 3 heteroatoms. The Bertz CT molecular complexity index is 687. The first-order valence-corrected chi connectivity index (χ1v) is 9.25. The van der Waals surface area contributed by atoms with E-state index in [0.29, 0.717) is 0 Å². The molecule has 0 fully saturated rings. The van der Waals surface area contributed by atoms with Gasteiger partial charge in [-0.2, -0.15) is 0 Å². The van der Waals surface area contributed by atoms with Crippen molar-refractivity contribution in [2.75, 3.05) is 6.54 Å². The van der Waals surface area contributed by atoms with Crippen LogP contribution in [0, 0.1) is 6.92 Å². The smallest absolute Gasteiger partial charge is 0.134 e. The molecule has 2 nitrogen and oxygen atoms in total. The molecular formula is C20H24BrNO. The number of nitrogens with one attached hydrogen (secondary N) is 1. The lowest BCUT2D eigenvalue weighted by molar-refractivity contribution is 0.493. The Kier molecular flexibility index (Phi) is 5.74. The summed E-state index contributed by atoms with van der Waals surface area (Å²) in [5, 5.41) is 3.50. The minimum Gasteiger partial charge on any atom is -0.460 e. The number of furan rings is 1. The third-order valence-electron chi connectivity index (χ3n) is 4.42. The number of benzene rings is 1. The number of hydrogen-bond donors (Lipinski definition) is 1. The summed E-state index contributed by atoms with van der Waals surface area (Å²) in [6.07, 6.45) is 8.87. The van der Waals surface area contributed by atoms with Gasteiger partial charge in [0.05, 0.1) is 6.54 Å². The number of hydrogen-bond acceptors (Lipinski definition) is 2. The molecule has 1 aromatic heterocycles. The summed E-state index contributed by atoms with van der Waals surface area (Å²) in [6, 6.07) is 10.4. The molecule has 1 N–H and O–H groups in total. The predicted molar refractivity (Wildman–Crippen MR) is 99.5 cm³/mol. The van der Waals surface area contributed by atoms with E-state index in [4.69, 9.17) is 4.42 Å². The summed E-state index contributed by atoms with van der Waals surface area (Å²) in [4.78, 5) is 0. The van der Waals surface area contributed by atoms with E-state index in [1.165, 1.54) is 37.7 Å². The number of aryl methyl sites for hydroxylation is 1. The van der Waals surface area contributed by atoms with E-state index < -0.39 is 0 Å². The van der Waals surface area contributed by atoms with Crippen molar-refractivity contribution in [3.05, 3.63) is 57.8 Å². The highest BCUT2D eigenvalue weighted by Crippen LogP contribution is 2.27. The molecule has 0 aliphatic heterocycles. The summed E-state index contributed by atoms with van der Waals surface area (Å²) >= 11 is 3.50. The van der Waals surface area contributed by atoms with Crippen LogP contribution in [0.2, 0.25) is 0 Å². The Labute approximate surface area is 147 Å². The van der Waals surface area contributed by atoms with Crippen LogP contribution in [0.3, 0.4) is 0 Å². The quantitative estimate of drug-likeness (QED) is 0.496. The van der Waals surface area contributed by atoms with E-state index in [9.17, 15) is 0 Å². The first-order chi connectivity index (χ1) is 11.2. The fourth-order valence-electron chi connectivity index (χ4n) is 3.11. The molecule has 23 heavy (non-hydrogen) atoms. The molecule has 1 aromatic carbocycles. The lowest BCUT2D eigenvalue weighted by Crippen LogP contribution is -2.15. The van der Waals surface area contributed by atoms with E-state index in [0.717, 1.165) is 34.6 Å². The molecule has 2 aromatic rings. The van der Waals surface area contributed by atoms with E-state index in [2.05, 4.69) is 64.6 Å². The molecule has 0 bridgehead atoms. The Morgan fingerprint density at radius 1 is 1.17 bits per heavy atom. The molecule has 0 saturated heterocycles. The van der Waals surface area contributed by atoms with Crippen molar-refractivity contribution >= 4 is 15.9 Å². The van der Waals surface area contributed by atoms with Crippen molar-refractivity contribution in [3.63, 3.8) is 0 Å². The average Bonchev–Trinajstić information content (AvgIpc) is 3.01. The van der Waals surface area contributed by atoms with Gasteiger partial charge in [-0.25, -0.2) is 0 Å². The second-order valence-corrected chi connectivity index (χ2v) is 7.18. The molecule has 0 radical (unpaired) electrons. The summed E-state index contributed by atoms with van der Waals surface area (Å²) in [5.41, 5.74) is 4.00. The molecule has 0 unspecified atom stereocenters. The van der Waals surface area contributed by atoms with Crippen LogP contribution in [0.15, 0.2) is 50.9 Å². The Balaban J connectivity index is 1.52. The topological polar surface area (TPSA) is 25.2 Å². The van der Waals surface area contributed by atoms with Gasteiger partial charge in [0.25, 0.3) is 0 Å². The zero-order valence-corrected chi connectivity index (χ0v) is 15.3. The third kappa shape index (κ3) is 4.58. The van der Waals surface area contributed by atoms with Crippen LogP contribution in [0.5, 0.6) is 0 Å². The normalized spacial score (nSPS) is 14.8. The number of allylic oxidation sites excluding steroid dienone is 1. The minimum absolute atomic E-state index is 0.794. The molecule has 1 aliphatic rings. The number of rotatable bonds is 6. The van der Waals surface area contributed by atoms with Crippen LogP contribution < -0.4 is 5.32 Å². The maximum absolute atomic E-state index is 5.99. The summed E-state index contributed by atoms with van der Waals surface area (Å²) in [6.45, 7) is 3.93. The lowest BCUT2D eigenvalue weighted by atomic mass is 9.97. The summed E-state index contributed by atoms with van der Waals surface area (Å²) in [7, 11) is 0. The summed E-state index contributed by atoms with van der Waals surface area (Å²) in [5.74, 6) is 1.95. The SMILES string of the molecule is Cc1cc(Br)ccc1-c1ccc(CNCCC2=CCCCC2)o1. The Morgan fingerprint density at radius 3 is 2.87 bits per heavy atom. The fraction of sp³-hybridized carbons (Fsp3) is 0.400. The maximum Gasteiger partial charge on any atom is 0.134 e. The average molecular weight is 374 g/mol. The molecule has 122 valence electrons. The van der Waals surface area contributed by atoms with Crippen molar-refractivity contribution in [3.8, 4) is 11.3 Å². The molecule has 0 saturated carbocycles. The minimum atomic E-state index is 0.794. The molecule has 1 heterocycles. The fourth-order valence-corrected chi connectivity index (χ4v) is 3.59. The van der Waals surface area contributed by atoms with Crippen LogP contribution in [-0.2, 0) is 6.54 Å². The largest absolute Gasteiger partial charge is 0.460 e. The zero-order chi connectivity index (χ0) is 16.1. The zero-order valence-electron chi connectivity index (χ0n) is 13.7. The van der Waals surface area contributed by atoms with Crippen LogP contribution in [0.4, 0.5) is 0 Å². The molecule has 1 aliphatic carbocycles. The van der Waals surface area contributed by atoms with Crippen molar-refractivity contribution in [1.29, 1.82) is 0 Å². The highest BCUT2D eigenvalue weighted by atomic mass is 79.9. The van der Waals surface area contributed by atoms with Crippen molar-refractivity contribution in [2.45, 2.75) is 45.6 Å². The predicted octanol–water partition coefficient (Wildman–Crippen LogP) is 6.00. The van der Waals surface area contributed by atoms with Crippen molar-refractivity contribution in [2.24, 2.45) is 0 Å². The highest BCUT2D eigenvalue weighted by Gasteiger charge is 2.08. The Morgan fingerprint density at radius 2 is 2.09 bits per heavy atom. The van der Waals surface area contributed by atoms with E-state index in [1.807, 2.05) is 0 Å². The maximum atomic E-state index is 5.99. The standard InChI is InChI=1S/C20H24BrNO/c1-15-13-17(21)7-9-19(15)20-10-8-18(23-20)14-22-12-11-16-5-3-2-4-6-16/h5,7-10,13,22H,2-4,6,11-12,14H2,1H3. The molecule has 0 atom stereocenters. The van der Waals surface area contributed by atoms with E-state index in [1.54, 1.807) is 5.57 Å². The van der Waals surface area contributed by atoms with Crippen LogP contribution >= 0.6 is 15.9 Å². The number of halogens is 1. The van der Waals surface area contributed by atoms with Gasteiger partial charge in [0.1, 0.15) is 11.5 Å². The van der Waals surface area contributed by atoms with Gasteiger partial charge in [-0.15, -0.1) is 0 Å². The monoisotopic (exact) mass is 373 g/mol. The van der Waals surface area contributed by atoms with Gasteiger partial charge < -0.3 is 9.73 Å². The van der Waals surface area contributed by atoms with Gasteiger partial charge in [-0.3, -0.25) is 0 Å². The van der Waals surface area contributed by atoms with Gasteiger partial charge in [-0.05, 0) is 81.5 Å².